The van der Waals surface area contributed by atoms with Gasteiger partial charge in [0.1, 0.15) is 11.6 Å². The SMILES string of the molecule is CCOC(=O)C(OC(C)(C)C)c1c(C)nc(C)c(-c2ccc(OCCCc3ccc(F)cc3)cc2)c1N1CCC(C)(C)CC1. The molecule has 6 nitrogen and oxygen atoms in total. The Bertz CT molecular complexity index is 1400. The van der Waals surface area contributed by atoms with Crippen LogP contribution in [0.1, 0.15) is 89.4 Å². The van der Waals surface area contributed by atoms with Crippen molar-refractivity contribution in [2.24, 2.45) is 5.41 Å². The van der Waals surface area contributed by atoms with Crippen LogP contribution < -0.4 is 9.64 Å². The van der Waals surface area contributed by atoms with Gasteiger partial charge in [-0.2, -0.15) is 0 Å². The second-order valence-corrected chi connectivity index (χ2v) is 13.5. The van der Waals surface area contributed by atoms with Gasteiger partial charge in [-0.25, -0.2) is 9.18 Å². The highest BCUT2D eigenvalue weighted by atomic mass is 19.1. The first-order valence-electron chi connectivity index (χ1n) is 15.9. The largest absolute Gasteiger partial charge is 0.494 e. The Morgan fingerprint density at radius 1 is 1.00 bits per heavy atom. The molecule has 2 heterocycles. The van der Waals surface area contributed by atoms with E-state index in [1.165, 1.54) is 12.1 Å². The van der Waals surface area contributed by atoms with Crippen LogP contribution in [0.15, 0.2) is 48.5 Å². The van der Waals surface area contributed by atoms with Crippen molar-refractivity contribution in [2.45, 2.75) is 92.8 Å². The first-order chi connectivity index (χ1) is 20.8. The van der Waals surface area contributed by atoms with Crippen molar-refractivity contribution >= 4 is 11.7 Å². The van der Waals surface area contributed by atoms with Gasteiger partial charge in [-0.3, -0.25) is 4.98 Å². The van der Waals surface area contributed by atoms with Crippen molar-refractivity contribution in [3.8, 4) is 16.9 Å². The molecule has 4 rings (SSSR count). The van der Waals surface area contributed by atoms with Gasteiger partial charge in [0.05, 0.1) is 24.5 Å². The summed E-state index contributed by atoms with van der Waals surface area (Å²) < 4.78 is 31.3. The molecule has 238 valence electrons. The van der Waals surface area contributed by atoms with E-state index >= 15 is 0 Å². The second kappa shape index (κ2) is 14.1. The Balaban J connectivity index is 1.69. The first kappa shape index (κ1) is 33.4. The molecule has 1 unspecified atom stereocenters. The van der Waals surface area contributed by atoms with Crippen molar-refractivity contribution in [2.75, 3.05) is 31.2 Å². The number of rotatable bonds is 11. The van der Waals surface area contributed by atoms with E-state index in [9.17, 15) is 9.18 Å². The number of hydrogen-bond acceptors (Lipinski definition) is 6. The van der Waals surface area contributed by atoms with Crippen LogP contribution in [0.4, 0.5) is 10.1 Å². The van der Waals surface area contributed by atoms with Crippen LogP contribution in [-0.2, 0) is 20.7 Å². The number of carbonyl (C=O) groups excluding carboxylic acids is 1. The Hall–Kier alpha value is -3.45. The average Bonchev–Trinajstić information content (AvgIpc) is 2.95. The molecule has 1 aliphatic heterocycles. The summed E-state index contributed by atoms with van der Waals surface area (Å²) in [5, 5.41) is 0. The zero-order valence-corrected chi connectivity index (χ0v) is 27.8. The van der Waals surface area contributed by atoms with Crippen molar-refractivity contribution < 1.29 is 23.4 Å². The number of pyridine rings is 1. The van der Waals surface area contributed by atoms with Crippen LogP contribution in [0.3, 0.4) is 0 Å². The van der Waals surface area contributed by atoms with Gasteiger partial charge in [-0.05, 0) is 108 Å². The van der Waals surface area contributed by atoms with Gasteiger partial charge in [0.25, 0.3) is 0 Å². The maximum absolute atomic E-state index is 13.5. The topological polar surface area (TPSA) is 60.9 Å². The van der Waals surface area contributed by atoms with Gasteiger partial charge in [-0.15, -0.1) is 0 Å². The third kappa shape index (κ3) is 8.59. The molecule has 1 aromatic heterocycles. The number of aromatic nitrogens is 1. The van der Waals surface area contributed by atoms with E-state index in [1.807, 2.05) is 65.8 Å². The molecule has 1 saturated heterocycles. The van der Waals surface area contributed by atoms with Gasteiger partial charge in [0.15, 0.2) is 6.10 Å². The molecule has 0 N–H and O–H groups in total. The number of anilines is 1. The lowest BCUT2D eigenvalue weighted by Crippen LogP contribution is -2.39. The summed E-state index contributed by atoms with van der Waals surface area (Å²) in [5.74, 6) is 0.166. The monoisotopic (exact) mass is 604 g/mol. The minimum absolute atomic E-state index is 0.221. The molecule has 1 atom stereocenters. The highest BCUT2D eigenvalue weighted by Gasteiger charge is 2.37. The van der Waals surface area contributed by atoms with Crippen LogP contribution in [0, 0.1) is 25.1 Å². The fourth-order valence-electron chi connectivity index (χ4n) is 5.80. The fraction of sp³-hybridized carbons (Fsp3) is 0.514. The van der Waals surface area contributed by atoms with Crippen molar-refractivity contribution in [1.82, 2.24) is 4.98 Å². The Labute approximate surface area is 262 Å². The van der Waals surface area contributed by atoms with Crippen molar-refractivity contribution in [3.63, 3.8) is 0 Å². The Morgan fingerprint density at radius 3 is 2.23 bits per heavy atom. The van der Waals surface area contributed by atoms with E-state index in [4.69, 9.17) is 19.2 Å². The molecule has 0 spiro atoms. The van der Waals surface area contributed by atoms with Crippen LogP contribution in [0.25, 0.3) is 11.1 Å². The van der Waals surface area contributed by atoms with Crippen LogP contribution >= 0.6 is 0 Å². The zero-order valence-electron chi connectivity index (χ0n) is 27.8. The molecule has 0 aliphatic carbocycles. The van der Waals surface area contributed by atoms with E-state index in [2.05, 4.69) is 30.9 Å². The molecular formula is C37H49FN2O4. The van der Waals surface area contributed by atoms with E-state index in [0.29, 0.717) is 6.61 Å². The maximum atomic E-state index is 13.5. The number of nitrogens with zero attached hydrogens (tertiary/aromatic N) is 2. The summed E-state index contributed by atoms with van der Waals surface area (Å²) >= 11 is 0. The van der Waals surface area contributed by atoms with Gasteiger partial charge in [-0.1, -0.05) is 38.1 Å². The minimum atomic E-state index is -0.907. The number of ether oxygens (including phenoxy) is 3. The Morgan fingerprint density at radius 2 is 1.64 bits per heavy atom. The molecule has 2 aromatic carbocycles. The summed E-state index contributed by atoms with van der Waals surface area (Å²) in [6.45, 7) is 18.9. The number of halogens is 1. The summed E-state index contributed by atoms with van der Waals surface area (Å²) in [7, 11) is 0. The summed E-state index contributed by atoms with van der Waals surface area (Å²) in [5.41, 5.74) is 6.23. The smallest absolute Gasteiger partial charge is 0.340 e. The highest BCUT2D eigenvalue weighted by molar-refractivity contribution is 5.88. The number of carbonyl (C=O) groups is 1. The highest BCUT2D eigenvalue weighted by Crippen LogP contribution is 2.45. The lowest BCUT2D eigenvalue weighted by Gasteiger charge is -2.41. The number of benzene rings is 2. The number of hydrogen-bond donors (Lipinski definition) is 0. The predicted octanol–water partition coefficient (Wildman–Crippen LogP) is 8.56. The summed E-state index contributed by atoms with van der Waals surface area (Å²) in [6, 6.07) is 14.7. The molecule has 0 amide bonds. The fourth-order valence-corrected chi connectivity index (χ4v) is 5.80. The number of aryl methyl sites for hydroxylation is 3. The third-order valence-corrected chi connectivity index (χ3v) is 8.18. The van der Waals surface area contributed by atoms with Crippen LogP contribution in [0.2, 0.25) is 0 Å². The van der Waals surface area contributed by atoms with E-state index in [-0.39, 0.29) is 17.8 Å². The van der Waals surface area contributed by atoms with Gasteiger partial charge in [0, 0.05) is 35.6 Å². The summed E-state index contributed by atoms with van der Waals surface area (Å²) in [6.07, 6.45) is 2.83. The number of piperidine rings is 1. The molecule has 0 bridgehead atoms. The molecule has 44 heavy (non-hydrogen) atoms. The molecule has 1 aliphatic rings. The normalized spacial score (nSPS) is 15.6. The lowest BCUT2D eigenvalue weighted by molar-refractivity contribution is -0.166. The predicted molar refractivity (Wildman–Crippen MR) is 175 cm³/mol. The zero-order chi connectivity index (χ0) is 32.1. The lowest BCUT2D eigenvalue weighted by atomic mass is 9.82. The molecular weight excluding hydrogens is 555 g/mol. The Kier molecular flexibility index (Phi) is 10.7. The van der Waals surface area contributed by atoms with Gasteiger partial charge < -0.3 is 19.1 Å². The van der Waals surface area contributed by atoms with Crippen LogP contribution in [-0.4, -0.2) is 42.9 Å². The van der Waals surface area contributed by atoms with E-state index in [1.54, 1.807) is 0 Å². The minimum Gasteiger partial charge on any atom is -0.494 e. The first-order valence-corrected chi connectivity index (χ1v) is 15.9. The van der Waals surface area contributed by atoms with E-state index in [0.717, 1.165) is 83.9 Å². The molecule has 0 saturated carbocycles. The number of esters is 1. The second-order valence-electron chi connectivity index (χ2n) is 13.5. The summed E-state index contributed by atoms with van der Waals surface area (Å²) in [4.78, 5) is 20.9. The molecule has 1 fully saturated rings. The van der Waals surface area contributed by atoms with Crippen molar-refractivity contribution in [3.05, 3.63) is 76.9 Å². The maximum Gasteiger partial charge on any atom is 0.340 e. The molecule has 7 heteroatoms. The van der Waals surface area contributed by atoms with Gasteiger partial charge >= 0.3 is 5.97 Å². The third-order valence-electron chi connectivity index (χ3n) is 8.18. The molecule has 3 aromatic rings. The van der Waals surface area contributed by atoms with Crippen LogP contribution in [0.5, 0.6) is 5.75 Å². The van der Waals surface area contributed by atoms with E-state index < -0.39 is 17.7 Å². The van der Waals surface area contributed by atoms with Gasteiger partial charge in [0.2, 0.25) is 0 Å². The van der Waals surface area contributed by atoms with Crippen molar-refractivity contribution in [1.29, 1.82) is 0 Å². The molecule has 0 radical (unpaired) electrons. The quantitative estimate of drug-likeness (QED) is 0.161. The average molecular weight is 605 g/mol. The standard InChI is InChI=1S/C37H49FN2O4/c1-9-42-35(41)34(44-36(4,5)6)32-26(3)39-25(2)31(33(32)40-22-20-37(7,8)21-23-40)28-14-18-30(19-15-28)43-24-10-11-27-12-16-29(38)17-13-27/h12-19,34H,9-11,20-24H2,1-8H3.